The molecule has 0 spiro atoms. The molecule has 1 aromatic rings. The van der Waals surface area contributed by atoms with Gasteiger partial charge in [-0.2, -0.15) is 4.98 Å². The Bertz CT molecular complexity index is 460. The van der Waals surface area contributed by atoms with Crippen molar-refractivity contribution < 1.29 is 13.9 Å². The van der Waals surface area contributed by atoms with Crippen molar-refractivity contribution in [1.82, 2.24) is 4.98 Å². The first-order valence-electron chi connectivity index (χ1n) is 5.59. The molecule has 0 unspecified atom stereocenters. The predicted molar refractivity (Wildman–Crippen MR) is 62.2 cm³/mol. The van der Waals surface area contributed by atoms with Crippen LogP contribution in [0.25, 0.3) is 0 Å². The number of anilines is 1. The average molecular weight is 238 g/mol. The number of methoxy groups -OCH3 is 1. The van der Waals surface area contributed by atoms with Crippen molar-refractivity contribution in [2.45, 2.75) is 26.3 Å². The third-order valence-corrected chi connectivity index (χ3v) is 2.89. The summed E-state index contributed by atoms with van der Waals surface area (Å²) in [7, 11) is 1.36. The van der Waals surface area contributed by atoms with Crippen molar-refractivity contribution in [3.8, 4) is 5.88 Å². The number of hydrogen-bond acceptors (Lipinski definition) is 4. The molecular formula is C12H15FN2O2. The fraction of sp³-hybridized carbons (Fsp3) is 0.500. The summed E-state index contributed by atoms with van der Waals surface area (Å²) in [5.41, 5.74) is 0.350. The zero-order chi connectivity index (χ0) is 12.6. The van der Waals surface area contributed by atoms with Crippen LogP contribution >= 0.6 is 0 Å². The smallest absolute Gasteiger partial charge is 0.252 e. The third-order valence-electron chi connectivity index (χ3n) is 2.89. The zero-order valence-electron chi connectivity index (χ0n) is 10.2. The molecule has 0 amide bonds. The molecule has 92 valence electrons. The van der Waals surface area contributed by atoms with Crippen LogP contribution in [-0.2, 0) is 0 Å². The van der Waals surface area contributed by atoms with Crippen molar-refractivity contribution in [2.75, 3.05) is 18.6 Å². The summed E-state index contributed by atoms with van der Waals surface area (Å²) in [5.74, 6) is -0.199. The van der Waals surface area contributed by atoms with Crippen LogP contribution in [0, 0.1) is 5.82 Å². The Morgan fingerprint density at radius 3 is 2.82 bits per heavy atom. The van der Waals surface area contributed by atoms with Gasteiger partial charge in [0.15, 0.2) is 11.6 Å². The number of ether oxygens (including phenoxy) is 1. The molecule has 1 aromatic heterocycles. The number of hydrogen-bond donors (Lipinski definition) is 0. The van der Waals surface area contributed by atoms with E-state index in [0.717, 1.165) is 0 Å². The molecule has 0 saturated carbocycles. The average Bonchev–Trinajstić information content (AvgIpc) is 2.29. The molecule has 4 nitrogen and oxygen atoms in total. The quantitative estimate of drug-likeness (QED) is 0.790. The Hall–Kier alpha value is -1.65. The van der Waals surface area contributed by atoms with Crippen molar-refractivity contribution >= 4 is 11.6 Å². The van der Waals surface area contributed by atoms with Gasteiger partial charge in [-0.3, -0.25) is 4.79 Å². The number of rotatable bonds is 2. The topological polar surface area (TPSA) is 42.4 Å². The Balaban J connectivity index is 2.56. The number of carbonyl (C=O) groups excluding carboxylic acids is 1. The Morgan fingerprint density at radius 1 is 1.53 bits per heavy atom. The van der Waals surface area contributed by atoms with Gasteiger partial charge in [0, 0.05) is 19.0 Å². The molecule has 0 aliphatic carbocycles. The summed E-state index contributed by atoms with van der Waals surface area (Å²) in [5, 5.41) is 0. The maximum atomic E-state index is 13.5. The van der Waals surface area contributed by atoms with E-state index < -0.39 is 5.82 Å². The van der Waals surface area contributed by atoms with E-state index in [1.54, 1.807) is 0 Å². The molecule has 0 atom stereocenters. The largest absolute Gasteiger partial charge is 0.479 e. The second-order valence-corrected chi connectivity index (χ2v) is 4.31. The standard InChI is InChI=1S/C12H15FN2O2/c1-7(2)15-5-4-10(16)8-6-9(13)12(17-3)14-11(8)15/h6-7H,4-5H2,1-3H3. The van der Waals surface area contributed by atoms with Crippen LogP contribution in [0.5, 0.6) is 5.88 Å². The van der Waals surface area contributed by atoms with E-state index in [1.165, 1.54) is 13.2 Å². The molecule has 0 radical (unpaired) electrons. The summed E-state index contributed by atoms with van der Waals surface area (Å²) in [6.45, 7) is 4.64. The zero-order valence-corrected chi connectivity index (χ0v) is 10.2. The van der Waals surface area contributed by atoms with Crippen molar-refractivity contribution in [3.63, 3.8) is 0 Å². The monoisotopic (exact) mass is 238 g/mol. The lowest BCUT2D eigenvalue weighted by atomic mass is 10.0. The van der Waals surface area contributed by atoms with Gasteiger partial charge in [-0.1, -0.05) is 0 Å². The second-order valence-electron chi connectivity index (χ2n) is 4.31. The van der Waals surface area contributed by atoms with Gasteiger partial charge in [0.1, 0.15) is 5.82 Å². The van der Waals surface area contributed by atoms with Crippen molar-refractivity contribution in [3.05, 3.63) is 17.4 Å². The number of carbonyl (C=O) groups is 1. The fourth-order valence-electron chi connectivity index (χ4n) is 2.00. The Kier molecular flexibility index (Phi) is 3.00. The van der Waals surface area contributed by atoms with Gasteiger partial charge in [0.2, 0.25) is 0 Å². The number of pyridine rings is 1. The van der Waals surface area contributed by atoms with Crippen molar-refractivity contribution in [1.29, 1.82) is 0 Å². The van der Waals surface area contributed by atoms with Gasteiger partial charge in [0.25, 0.3) is 5.88 Å². The molecule has 1 aliphatic rings. The molecule has 2 rings (SSSR count). The van der Waals surface area contributed by atoms with Crippen LogP contribution in [0.3, 0.4) is 0 Å². The van der Waals surface area contributed by atoms with Crippen LogP contribution in [0.2, 0.25) is 0 Å². The molecule has 17 heavy (non-hydrogen) atoms. The number of Topliss-reactive ketones (excluding diaryl/α,β-unsaturated/α-hetero) is 1. The fourth-order valence-corrected chi connectivity index (χ4v) is 2.00. The molecule has 2 heterocycles. The van der Waals surface area contributed by atoms with E-state index in [1.807, 2.05) is 18.7 Å². The van der Waals surface area contributed by atoms with Gasteiger partial charge >= 0.3 is 0 Å². The number of ketones is 1. The van der Waals surface area contributed by atoms with E-state index in [-0.39, 0.29) is 17.7 Å². The minimum atomic E-state index is -0.592. The lowest BCUT2D eigenvalue weighted by molar-refractivity contribution is 0.0978. The minimum Gasteiger partial charge on any atom is -0.479 e. The lowest BCUT2D eigenvalue weighted by Crippen LogP contribution is -2.38. The van der Waals surface area contributed by atoms with E-state index in [4.69, 9.17) is 4.74 Å². The highest BCUT2D eigenvalue weighted by Crippen LogP contribution is 2.30. The first-order valence-corrected chi connectivity index (χ1v) is 5.59. The summed E-state index contributed by atoms with van der Waals surface area (Å²) >= 11 is 0. The SMILES string of the molecule is COc1nc2c(cc1F)C(=O)CCN2C(C)C. The van der Waals surface area contributed by atoms with E-state index in [0.29, 0.717) is 24.3 Å². The molecular weight excluding hydrogens is 223 g/mol. The van der Waals surface area contributed by atoms with Gasteiger partial charge in [-0.05, 0) is 19.9 Å². The molecule has 0 N–H and O–H groups in total. The van der Waals surface area contributed by atoms with E-state index >= 15 is 0 Å². The third kappa shape index (κ3) is 1.97. The van der Waals surface area contributed by atoms with Gasteiger partial charge < -0.3 is 9.64 Å². The normalized spacial score (nSPS) is 15.1. The van der Waals surface area contributed by atoms with Crippen LogP contribution in [0.1, 0.15) is 30.6 Å². The van der Waals surface area contributed by atoms with Crippen LogP contribution < -0.4 is 9.64 Å². The van der Waals surface area contributed by atoms with Gasteiger partial charge in [0.05, 0.1) is 12.7 Å². The van der Waals surface area contributed by atoms with Crippen molar-refractivity contribution in [2.24, 2.45) is 0 Å². The molecule has 0 saturated heterocycles. The Labute approximate surface area is 99.4 Å². The molecule has 5 heteroatoms. The predicted octanol–water partition coefficient (Wildman–Crippen LogP) is 2.03. The molecule has 0 fully saturated rings. The first kappa shape index (κ1) is 11.8. The summed E-state index contributed by atoms with van der Waals surface area (Å²) in [4.78, 5) is 17.8. The molecule has 0 aromatic carbocycles. The summed E-state index contributed by atoms with van der Waals surface area (Å²) < 4.78 is 18.4. The number of nitrogens with zero attached hydrogens (tertiary/aromatic N) is 2. The summed E-state index contributed by atoms with van der Waals surface area (Å²) in [6.07, 6.45) is 0.401. The van der Waals surface area contributed by atoms with Gasteiger partial charge in [-0.15, -0.1) is 0 Å². The lowest BCUT2D eigenvalue weighted by Gasteiger charge is -2.32. The van der Waals surface area contributed by atoms with Gasteiger partial charge in [-0.25, -0.2) is 4.39 Å². The highest BCUT2D eigenvalue weighted by molar-refractivity contribution is 6.02. The molecule has 1 aliphatic heterocycles. The van der Waals surface area contributed by atoms with Crippen LogP contribution in [0.4, 0.5) is 10.2 Å². The van der Waals surface area contributed by atoms with Crippen LogP contribution in [-0.4, -0.2) is 30.5 Å². The maximum Gasteiger partial charge on any atom is 0.252 e. The first-order chi connectivity index (χ1) is 8.04. The second kappa shape index (κ2) is 4.31. The number of fused-ring (bicyclic) bond motifs is 1. The Morgan fingerprint density at radius 2 is 2.24 bits per heavy atom. The summed E-state index contributed by atoms with van der Waals surface area (Å²) in [6, 6.07) is 1.43. The minimum absolute atomic E-state index is 0.0639. The van der Waals surface area contributed by atoms with E-state index in [9.17, 15) is 9.18 Å². The maximum absolute atomic E-state index is 13.5. The van der Waals surface area contributed by atoms with Crippen LogP contribution in [0.15, 0.2) is 6.07 Å². The highest BCUT2D eigenvalue weighted by Gasteiger charge is 2.28. The highest BCUT2D eigenvalue weighted by atomic mass is 19.1. The number of aromatic nitrogens is 1. The van der Waals surface area contributed by atoms with E-state index in [2.05, 4.69) is 4.98 Å². The molecule has 0 bridgehead atoms. The number of halogens is 1.